The van der Waals surface area contributed by atoms with Gasteiger partial charge in [-0.25, -0.2) is 4.79 Å². The number of aromatic nitrogens is 2. The molecule has 0 aliphatic heterocycles. The summed E-state index contributed by atoms with van der Waals surface area (Å²) in [6.07, 6.45) is 3.01. The number of pyridine rings is 2. The largest absolute Gasteiger partial charge is 0.465 e. The Morgan fingerprint density at radius 1 is 1.33 bits per heavy atom. The standard InChI is InChI=1S/C13H9N3O2/c1-18-13(17)10-3-2-6-15-12(10)11-5-4-9(7-14)8-16-11/h2-6,8H,1H3. The molecule has 2 aromatic rings. The van der Waals surface area contributed by atoms with E-state index in [0.717, 1.165) is 0 Å². The minimum absolute atomic E-state index is 0.345. The fourth-order valence-electron chi connectivity index (χ4n) is 1.48. The Hall–Kier alpha value is -2.74. The Labute approximate surface area is 104 Å². The number of hydrogen-bond donors (Lipinski definition) is 0. The Balaban J connectivity index is 2.50. The molecule has 2 heterocycles. The summed E-state index contributed by atoms with van der Waals surface area (Å²) >= 11 is 0. The summed E-state index contributed by atoms with van der Waals surface area (Å²) in [6.45, 7) is 0. The summed E-state index contributed by atoms with van der Waals surface area (Å²) in [7, 11) is 1.31. The molecule has 0 aliphatic rings. The van der Waals surface area contributed by atoms with Crippen LogP contribution in [0.1, 0.15) is 15.9 Å². The lowest BCUT2D eigenvalue weighted by Crippen LogP contribution is -2.05. The van der Waals surface area contributed by atoms with Crippen molar-refractivity contribution < 1.29 is 9.53 Å². The number of rotatable bonds is 2. The maximum Gasteiger partial charge on any atom is 0.340 e. The average Bonchev–Trinajstić information content (AvgIpc) is 2.46. The van der Waals surface area contributed by atoms with E-state index in [9.17, 15) is 4.79 Å². The number of carbonyl (C=O) groups is 1. The van der Waals surface area contributed by atoms with Crippen molar-refractivity contribution >= 4 is 5.97 Å². The van der Waals surface area contributed by atoms with Crippen molar-refractivity contribution in [1.29, 1.82) is 5.26 Å². The summed E-state index contributed by atoms with van der Waals surface area (Å²) < 4.78 is 4.68. The predicted molar refractivity (Wildman–Crippen MR) is 63.5 cm³/mol. The molecule has 0 atom stereocenters. The third-order valence-corrected chi connectivity index (χ3v) is 2.35. The van der Waals surface area contributed by atoms with Crippen LogP contribution in [0.5, 0.6) is 0 Å². The second-order valence-corrected chi connectivity index (χ2v) is 3.44. The van der Waals surface area contributed by atoms with Crippen LogP contribution in [0.15, 0.2) is 36.7 Å². The molecule has 0 N–H and O–H groups in total. The molecule has 0 radical (unpaired) electrons. The van der Waals surface area contributed by atoms with E-state index < -0.39 is 5.97 Å². The molecule has 0 aliphatic carbocycles. The van der Waals surface area contributed by atoms with Crippen molar-refractivity contribution in [3.05, 3.63) is 47.8 Å². The Morgan fingerprint density at radius 2 is 2.17 bits per heavy atom. The van der Waals surface area contributed by atoms with Crippen LogP contribution >= 0.6 is 0 Å². The minimum atomic E-state index is -0.468. The number of nitrogens with zero attached hydrogens (tertiary/aromatic N) is 3. The van der Waals surface area contributed by atoms with Crippen LogP contribution < -0.4 is 0 Å². The van der Waals surface area contributed by atoms with Gasteiger partial charge in [-0.2, -0.15) is 5.26 Å². The maximum absolute atomic E-state index is 11.6. The van der Waals surface area contributed by atoms with Crippen LogP contribution in [0.4, 0.5) is 0 Å². The molecule has 0 bridgehead atoms. The number of carbonyl (C=O) groups excluding carboxylic acids is 1. The van der Waals surface area contributed by atoms with Gasteiger partial charge in [-0.15, -0.1) is 0 Å². The van der Waals surface area contributed by atoms with Gasteiger partial charge in [-0.05, 0) is 24.3 Å². The number of hydrogen-bond acceptors (Lipinski definition) is 5. The average molecular weight is 239 g/mol. The summed E-state index contributed by atoms with van der Waals surface area (Å²) in [4.78, 5) is 19.8. The third-order valence-electron chi connectivity index (χ3n) is 2.35. The van der Waals surface area contributed by atoms with E-state index in [2.05, 4.69) is 14.7 Å². The highest BCUT2D eigenvalue weighted by Crippen LogP contribution is 2.19. The topological polar surface area (TPSA) is 75.9 Å². The van der Waals surface area contributed by atoms with E-state index in [1.54, 1.807) is 30.5 Å². The second-order valence-electron chi connectivity index (χ2n) is 3.44. The zero-order chi connectivity index (χ0) is 13.0. The molecule has 0 saturated heterocycles. The van der Waals surface area contributed by atoms with Gasteiger partial charge in [0.05, 0.1) is 23.9 Å². The van der Waals surface area contributed by atoms with Crippen LogP contribution in [-0.4, -0.2) is 23.0 Å². The van der Waals surface area contributed by atoms with Crippen molar-refractivity contribution in [3.8, 4) is 17.5 Å². The first-order valence-electron chi connectivity index (χ1n) is 5.16. The van der Waals surface area contributed by atoms with Crippen molar-refractivity contribution in [1.82, 2.24) is 9.97 Å². The van der Waals surface area contributed by atoms with Gasteiger partial charge in [0.25, 0.3) is 0 Å². The molecule has 0 amide bonds. The first-order chi connectivity index (χ1) is 8.76. The number of nitriles is 1. The Kier molecular flexibility index (Phi) is 3.30. The van der Waals surface area contributed by atoms with Crippen molar-refractivity contribution in [3.63, 3.8) is 0 Å². The molecule has 2 aromatic heterocycles. The zero-order valence-corrected chi connectivity index (χ0v) is 9.62. The predicted octanol–water partition coefficient (Wildman–Crippen LogP) is 1.80. The van der Waals surface area contributed by atoms with E-state index in [4.69, 9.17) is 5.26 Å². The van der Waals surface area contributed by atoms with Crippen LogP contribution in [0.25, 0.3) is 11.4 Å². The molecule has 0 saturated carbocycles. The summed E-state index contributed by atoms with van der Waals surface area (Å²) in [5.41, 5.74) is 1.76. The summed E-state index contributed by atoms with van der Waals surface area (Å²) in [5.74, 6) is -0.468. The monoisotopic (exact) mass is 239 g/mol. The van der Waals surface area contributed by atoms with Gasteiger partial charge < -0.3 is 4.74 Å². The van der Waals surface area contributed by atoms with Gasteiger partial charge in [0.2, 0.25) is 0 Å². The molecular weight excluding hydrogens is 230 g/mol. The minimum Gasteiger partial charge on any atom is -0.465 e. The highest BCUT2D eigenvalue weighted by atomic mass is 16.5. The molecule has 18 heavy (non-hydrogen) atoms. The molecule has 0 aromatic carbocycles. The second kappa shape index (κ2) is 5.06. The lowest BCUT2D eigenvalue weighted by Gasteiger charge is -2.05. The van der Waals surface area contributed by atoms with E-state index in [-0.39, 0.29) is 0 Å². The van der Waals surface area contributed by atoms with Gasteiger partial charge >= 0.3 is 5.97 Å². The van der Waals surface area contributed by atoms with Crippen LogP contribution in [0, 0.1) is 11.3 Å². The first-order valence-corrected chi connectivity index (χ1v) is 5.16. The number of methoxy groups -OCH3 is 1. The van der Waals surface area contributed by atoms with Crippen molar-refractivity contribution in [2.45, 2.75) is 0 Å². The molecule has 0 fully saturated rings. The van der Waals surface area contributed by atoms with Crippen LogP contribution in [-0.2, 0) is 4.74 Å². The first kappa shape index (κ1) is 11.7. The molecular formula is C13H9N3O2. The SMILES string of the molecule is COC(=O)c1cccnc1-c1ccc(C#N)cn1. The van der Waals surface area contributed by atoms with Gasteiger partial charge in [-0.1, -0.05) is 0 Å². The Morgan fingerprint density at radius 3 is 2.78 bits per heavy atom. The van der Waals surface area contributed by atoms with Gasteiger partial charge in [0.15, 0.2) is 0 Å². The van der Waals surface area contributed by atoms with Gasteiger partial charge in [0, 0.05) is 12.4 Å². The van der Waals surface area contributed by atoms with Crippen LogP contribution in [0.2, 0.25) is 0 Å². The molecule has 0 unspecified atom stereocenters. The highest BCUT2D eigenvalue weighted by Gasteiger charge is 2.14. The molecule has 2 rings (SSSR count). The highest BCUT2D eigenvalue weighted by molar-refractivity contribution is 5.95. The summed E-state index contributed by atoms with van der Waals surface area (Å²) in [5, 5.41) is 8.70. The Bertz CT molecular complexity index is 615. The maximum atomic E-state index is 11.6. The summed E-state index contributed by atoms with van der Waals surface area (Å²) in [6, 6.07) is 8.52. The van der Waals surface area contributed by atoms with Crippen molar-refractivity contribution in [2.75, 3.05) is 7.11 Å². The van der Waals surface area contributed by atoms with Gasteiger partial charge in [0.1, 0.15) is 11.8 Å². The zero-order valence-electron chi connectivity index (χ0n) is 9.62. The number of esters is 1. The molecule has 88 valence electrons. The van der Waals surface area contributed by atoms with Gasteiger partial charge in [-0.3, -0.25) is 9.97 Å². The lowest BCUT2D eigenvalue weighted by atomic mass is 10.1. The molecule has 5 nitrogen and oxygen atoms in total. The lowest BCUT2D eigenvalue weighted by molar-refractivity contribution is 0.0601. The van der Waals surface area contributed by atoms with Crippen molar-refractivity contribution in [2.24, 2.45) is 0 Å². The fourth-order valence-corrected chi connectivity index (χ4v) is 1.48. The van der Waals surface area contributed by atoms with E-state index >= 15 is 0 Å². The smallest absolute Gasteiger partial charge is 0.340 e. The molecule has 0 spiro atoms. The van der Waals surface area contributed by atoms with E-state index in [1.807, 2.05) is 6.07 Å². The molecule has 5 heteroatoms. The third kappa shape index (κ3) is 2.18. The van der Waals surface area contributed by atoms with E-state index in [0.29, 0.717) is 22.5 Å². The van der Waals surface area contributed by atoms with Crippen LogP contribution in [0.3, 0.4) is 0 Å². The fraction of sp³-hybridized carbons (Fsp3) is 0.0769. The number of ether oxygens (including phenoxy) is 1. The van der Waals surface area contributed by atoms with E-state index in [1.165, 1.54) is 13.3 Å². The quantitative estimate of drug-likeness (QED) is 0.747. The normalized spacial score (nSPS) is 9.56.